The number of fused-ring (bicyclic) bond motifs is 1. The van der Waals surface area contributed by atoms with Crippen LogP contribution in [0.3, 0.4) is 0 Å². The maximum absolute atomic E-state index is 8.81. The lowest BCUT2D eigenvalue weighted by Gasteiger charge is -2.01. The predicted molar refractivity (Wildman–Crippen MR) is 61.2 cm³/mol. The highest BCUT2D eigenvalue weighted by Crippen LogP contribution is 2.25. The molecule has 0 aliphatic heterocycles. The molecule has 0 saturated carbocycles. The van der Waals surface area contributed by atoms with Crippen molar-refractivity contribution in [1.29, 1.82) is 0 Å². The number of nitrogens with zero attached hydrogens (tertiary/aromatic N) is 1. The molecule has 0 saturated heterocycles. The molecule has 0 N–H and O–H groups in total. The Morgan fingerprint density at radius 3 is 2.60 bits per heavy atom. The lowest BCUT2D eigenvalue weighted by molar-refractivity contribution is -0.106. The second kappa shape index (κ2) is 5.20. The molecule has 0 atom stereocenters. The molecule has 1 aromatic heterocycles. The van der Waals surface area contributed by atoms with Crippen molar-refractivity contribution in [2.75, 3.05) is 7.11 Å². The van der Waals surface area contributed by atoms with Crippen LogP contribution in [0.15, 0.2) is 30.5 Å². The highest BCUT2D eigenvalue weighted by molar-refractivity contribution is 5.86. The number of carbonyl (C=O) groups is 1. The monoisotopic (exact) mass is 205 g/mol. The molecule has 0 fully saturated rings. The topological polar surface area (TPSA) is 31.2 Å². The number of carbonyl (C=O) groups excluding carboxylic acids is 1. The molecule has 0 aliphatic rings. The summed E-state index contributed by atoms with van der Waals surface area (Å²) in [7, 11) is 3.73. The zero-order chi connectivity index (χ0) is 11.3. The molecule has 3 heteroatoms. The van der Waals surface area contributed by atoms with E-state index in [1.165, 1.54) is 17.8 Å². The highest BCUT2D eigenvalue weighted by Gasteiger charge is 2.01. The molecule has 0 radical (unpaired) electrons. The van der Waals surface area contributed by atoms with Crippen LogP contribution in [0.4, 0.5) is 0 Å². The maximum Gasteiger partial charge on any atom is 0.128 e. The fourth-order valence-electron chi connectivity index (χ4n) is 1.45. The first-order valence-electron chi connectivity index (χ1n) is 4.72. The van der Waals surface area contributed by atoms with E-state index in [4.69, 9.17) is 9.53 Å². The minimum Gasteiger partial charge on any atom is -0.496 e. The Kier molecular flexibility index (Phi) is 3.92. The number of aryl methyl sites for hydroxylation is 1. The number of hydrogen-bond acceptors (Lipinski definition) is 2. The van der Waals surface area contributed by atoms with Crippen molar-refractivity contribution in [3.05, 3.63) is 30.5 Å². The second-order valence-corrected chi connectivity index (χ2v) is 3.06. The summed E-state index contributed by atoms with van der Waals surface area (Å²) >= 11 is 0. The van der Waals surface area contributed by atoms with Gasteiger partial charge in [-0.25, -0.2) is 0 Å². The first-order valence-corrected chi connectivity index (χ1v) is 4.72. The molecule has 3 nitrogen and oxygen atoms in total. The fourth-order valence-corrected chi connectivity index (χ4v) is 1.45. The normalized spacial score (nSPS) is 9.27. The van der Waals surface area contributed by atoms with Gasteiger partial charge in [0.2, 0.25) is 0 Å². The van der Waals surface area contributed by atoms with Gasteiger partial charge < -0.3 is 14.1 Å². The number of aldehydes is 1. The third-order valence-electron chi connectivity index (χ3n) is 2.11. The molecule has 1 heterocycles. The Morgan fingerprint density at radius 1 is 1.33 bits per heavy atom. The third kappa shape index (κ3) is 2.37. The Bertz CT molecular complexity index is 446. The summed E-state index contributed by atoms with van der Waals surface area (Å²) in [4.78, 5) is 8.81. The van der Waals surface area contributed by atoms with E-state index in [9.17, 15) is 0 Å². The maximum atomic E-state index is 8.81. The average Bonchev–Trinajstić information content (AvgIpc) is 2.62. The summed E-state index contributed by atoms with van der Waals surface area (Å²) in [6, 6.07) is 8.12. The van der Waals surface area contributed by atoms with Crippen LogP contribution in [0.1, 0.15) is 6.92 Å². The number of benzene rings is 1. The predicted octanol–water partition coefficient (Wildman–Crippen LogP) is 2.39. The van der Waals surface area contributed by atoms with E-state index in [2.05, 4.69) is 16.7 Å². The van der Waals surface area contributed by atoms with Crippen LogP contribution >= 0.6 is 0 Å². The van der Waals surface area contributed by atoms with Crippen LogP contribution in [0, 0.1) is 0 Å². The van der Waals surface area contributed by atoms with E-state index < -0.39 is 0 Å². The molecule has 0 bridgehead atoms. The lowest BCUT2D eigenvalue weighted by atomic mass is 10.2. The summed E-state index contributed by atoms with van der Waals surface area (Å²) < 4.78 is 7.31. The zero-order valence-corrected chi connectivity index (χ0v) is 9.23. The summed E-state index contributed by atoms with van der Waals surface area (Å²) in [6.45, 7) is 1.44. The van der Waals surface area contributed by atoms with E-state index in [1.807, 2.05) is 25.4 Å². The van der Waals surface area contributed by atoms with Crippen molar-refractivity contribution < 1.29 is 9.53 Å². The van der Waals surface area contributed by atoms with E-state index in [0.29, 0.717) is 0 Å². The number of methoxy groups -OCH3 is 1. The number of hydrogen-bond donors (Lipinski definition) is 0. The molecule has 2 aromatic rings. The summed E-state index contributed by atoms with van der Waals surface area (Å²) in [6.07, 6.45) is 2.78. The van der Waals surface area contributed by atoms with Gasteiger partial charge in [-0.05, 0) is 25.1 Å². The minimum absolute atomic E-state index is 0.750. The molecular formula is C12H15NO2. The van der Waals surface area contributed by atoms with Gasteiger partial charge in [0.05, 0.1) is 12.6 Å². The van der Waals surface area contributed by atoms with Gasteiger partial charge in [-0.3, -0.25) is 0 Å². The van der Waals surface area contributed by atoms with Gasteiger partial charge in [0.1, 0.15) is 12.0 Å². The minimum atomic E-state index is 0.750. The molecule has 0 amide bonds. The SMILES string of the molecule is CC=O.COc1cccc2c1ccn2C. The Balaban J connectivity index is 0.000000337. The zero-order valence-electron chi connectivity index (χ0n) is 9.23. The Morgan fingerprint density at radius 2 is 2.00 bits per heavy atom. The molecule has 80 valence electrons. The van der Waals surface area contributed by atoms with Crippen molar-refractivity contribution >= 4 is 17.2 Å². The quantitative estimate of drug-likeness (QED) is 0.669. The van der Waals surface area contributed by atoms with E-state index in [0.717, 1.165) is 12.0 Å². The van der Waals surface area contributed by atoms with Gasteiger partial charge in [0, 0.05) is 18.6 Å². The molecule has 1 aromatic carbocycles. The van der Waals surface area contributed by atoms with Crippen LogP contribution in [0.5, 0.6) is 5.75 Å². The van der Waals surface area contributed by atoms with Crippen LogP contribution in [-0.4, -0.2) is 18.0 Å². The van der Waals surface area contributed by atoms with Crippen molar-refractivity contribution in [1.82, 2.24) is 4.57 Å². The lowest BCUT2D eigenvalue weighted by Crippen LogP contribution is -1.85. The van der Waals surface area contributed by atoms with E-state index in [1.54, 1.807) is 7.11 Å². The average molecular weight is 205 g/mol. The summed E-state index contributed by atoms with van der Waals surface area (Å²) in [5.41, 5.74) is 1.20. The molecule has 15 heavy (non-hydrogen) atoms. The van der Waals surface area contributed by atoms with Gasteiger partial charge in [-0.1, -0.05) is 6.07 Å². The van der Waals surface area contributed by atoms with Crippen molar-refractivity contribution in [3.8, 4) is 5.75 Å². The second-order valence-electron chi connectivity index (χ2n) is 3.06. The van der Waals surface area contributed by atoms with E-state index >= 15 is 0 Å². The summed E-state index contributed by atoms with van der Waals surface area (Å²) in [5.74, 6) is 0.938. The fraction of sp³-hybridized carbons (Fsp3) is 0.250. The Labute approximate surface area is 89.3 Å². The molecule has 0 aliphatic carbocycles. The van der Waals surface area contributed by atoms with Gasteiger partial charge in [0.15, 0.2) is 0 Å². The van der Waals surface area contributed by atoms with Crippen LogP contribution in [0.2, 0.25) is 0 Å². The first kappa shape index (κ1) is 11.3. The van der Waals surface area contributed by atoms with Crippen LogP contribution in [0.25, 0.3) is 10.9 Å². The molecule has 2 rings (SSSR count). The largest absolute Gasteiger partial charge is 0.496 e. The van der Waals surface area contributed by atoms with Gasteiger partial charge >= 0.3 is 0 Å². The number of rotatable bonds is 1. The standard InChI is InChI=1S/C10H11NO.C2H4O/c1-11-7-6-8-9(11)4-3-5-10(8)12-2;1-2-3/h3-7H,1-2H3;2H,1H3. The highest BCUT2D eigenvalue weighted by atomic mass is 16.5. The number of ether oxygens (including phenoxy) is 1. The van der Waals surface area contributed by atoms with Gasteiger partial charge in [-0.2, -0.15) is 0 Å². The van der Waals surface area contributed by atoms with Gasteiger partial charge in [0.25, 0.3) is 0 Å². The molecule has 0 spiro atoms. The van der Waals surface area contributed by atoms with E-state index in [-0.39, 0.29) is 0 Å². The third-order valence-corrected chi connectivity index (χ3v) is 2.11. The van der Waals surface area contributed by atoms with Crippen molar-refractivity contribution in [3.63, 3.8) is 0 Å². The smallest absolute Gasteiger partial charge is 0.128 e. The molecular weight excluding hydrogens is 190 g/mol. The summed E-state index contributed by atoms with van der Waals surface area (Å²) in [5, 5.41) is 1.17. The van der Waals surface area contributed by atoms with Crippen LogP contribution in [-0.2, 0) is 11.8 Å². The van der Waals surface area contributed by atoms with Crippen molar-refractivity contribution in [2.45, 2.75) is 6.92 Å². The Hall–Kier alpha value is -1.77. The van der Waals surface area contributed by atoms with Crippen LogP contribution < -0.4 is 4.74 Å². The van der Waals surface area contributed by atoms with Gasteiger partial charge in [-0.15, -0.1) is 0 Å². The molecule has 0 unspecified atom stereocenters. The number of aromatic nitrogens is 1. The first-order chi connectivity index (χ1) is 7.24. The van der Waals surface area contributed by atoms with Crippen molar-refractivity contribution in [2.24, 2.45) is 7.05 Å².